The van der Waals surface area contributed by atoms with Crippen LogP contribution in [-0.2, 0) is 0 Å². The lowest BCUT2D eigenvalue weighted by Gasteiger charge is -2.21. The van der Waals surface area contributed by atoms with Crippen LogP contribution in [0.4, 0.5) is 11.4 Å². The summed E-state index contributed by atoms with van der Waals surface area (Å²) in [6.07, 6.45) is 0. The minimum absolute atomic E-state index is 0.425. The Balaban J connectivity index is 2.17. The molecule has 0 unspecified atom stereocenters. The first kappa shape index (κ1) is 19.3. The first-order chi connectivity index (χ1) is 11.9. The quantitative estimate of drug-likeness (QED) is 0.609. The van der Waals surface area contributed by atoms with E-state index < -0.39 is 0 Å². The third kappa shape index (κ3) is 5.20. The summed E-state index contributed by atoms with van der Waals surface area (Å²) < 4.78 is 5.47. The Morgan fingerprint density at radius 1 is 0.920 bits per heavy atom. The molecule has 0 saturated heterocycles. The maximum absolute atomic E-state index is 5.54. The fraction of sp³-hybridized carbons (Fsp3) is 0.381. The molecular weight excluding hydrogens is 328 g/mol. The average Bonchev–Trinajstić information content (AvgIpc) is 2.56. The largest absolute Gasteiger partial charge is 0.494 e. The number of para-hydroxylation sites is 1. The molecule has 0 aromatic heterocycles. The van der Waals surface area contributed by atoms with E-state index in [2.05, 4.69) is 56.5 Å². The highest BCUT2D eigenvalue weighted by molar-refractivity contribution is 7.80. The first-order valence-electron chi connectivity index (χ1n) is 8.86. The van der Waals surface area contributed by atoms with Crippen molar-refractivity contribution in [1.29, 1.82) is 0 Å². The lowest BCUT2D eigenvalue weighted by molar-refractivity contribution is 0.340. The van der Waals surface area contributed by atoms with Gasteiger partial charge >= 0.3 is 0 Å². The van der Waals surface area contributed by atoms with Crippen molar-refractivity contribution >= 4 is 28.7 Å². The molecule has 134 valence electrons. The summed E-state index contributed by atoms with van der Waals surface area (Å²) in [5, 5.41) is 7.27. The second kappa shape index (κ2) is 8.86. The van der Waals surface area contributed by atoms with E-state index in [0.717, 1.165) is 17.1 Å². The maximum atomic E-state index is 5.54. The number of hydrogen-bond acceptors (Lipinski definition) is 2. The van der Waals surface area contributed by atoms with Crippen molar-refractivity contribution in [2.75, 3.05) is 17.2 Å². The summed E-state index contributed by atoms with van der Waals surface area (Å²) in [4.78, 5) is 0. The van der Waals surface area contributed by atoms with Crippen LogP contribution in [0.1, 0.15) is 57.6 Å². The fourth-order valence-electron chi connectivity index (χ4n) is 2.77. The molecule has 2 aromatic rings. The average molecular weight is 357 g/mol. The molecule has 4 heteroatoms. The van der Waals surface area contributed by atoms with Gasteiger partial charge in [0.25, 0.3) is 0 Å². The molecule has 0 aliphatic rings. The van der Waals surface area contributed by atoms with E-state index in [1.807, 2.05) is 31.2 Å². The van der Waals surface area contributed by atoms with Crippen molar-refractivity contribution in [1.82, 2.24) is 0 Å². The topological polar surface area (TPSA) is 33.3 Å². The van der Waals surface area contributed by atoms with Gasteiger partial charge in [0.1, 0.15) is 5.75 Å². The fourth-order valence-corrected chi connectivity index (χ4v) is 2.99. The lowest BCUT2D eigenvalue weighted by Crippen LogP contribution is -2.21. The normalized spacial score (nSPS) is 10.8. The molecule has 0 fully saturated rings. The summed E-state index contributed by atoms with van der Waals surface area (Å²) in [5.74, 6) is 1.71. The Kier molecular flexibility index (Phi) is 6.82. The zero-order chi connectivity index (χ0) is 18.4. The van der Waals surface area contributed by atoms with Gasteiger partial charge in [-0.25, -0.2) is 0 Å². The van der Waals surface area contributed by atoms with E-state index in [-0.39, 0.29) is 0 Å². The molecular formula is C21H28N2OS. The Labute approximate surface area is 156 Å². The number of nitrogens with one attached hydrogen (secondary N) is 2. The van der Waals surface area contributed by atoms with Gasteiger partial charge in [-0.15, -0.1) is 0 Å². The molecule has 0 amide bonds. The summed E-state index contributed by atoms with van der Waals surface area (Å²) in [6.45, 7) is 11.4. The lowest BCUT2D eigenvalue weighted by atomic mass is 9.93. The van der Waals surface area contributed by atoms with E-state index in [1.54, 1.807) is 0 Å². The van der Waals surface area contributed by atoms with Gasteiger partial charge in [0.2, 0.25) is 0 Å². The Morgan fingerprint density at radius 2 is 1.48 bits per heavy atom. The van der Waals surface area contributed by atoms with Gasteiger partial charge in [0, 0.05) is 11.4 Å². The summed E-state index contributed by atoms with van der Waals surface area (Å²) in [6, 6.07) is 14.3. The second-order valence-corrected chi connectivity index (χ2v) is 7.07. The van der Waals surface area contributed by atoms with Crippen molar-refractivity contribution in [3.63, 3.8) is 0 Å². The van der Waals surface area contributed by atoms with Crippen LogP contribution in [0.5, 0.6) is 5.75 Å². The van der Waals surface area contributed by atoms with Gasteiger partial charge in [-0.2, -0.15) is 0 Å². The van der Waals surface area contributed by atoms with Crippen molar-refractivity contribution < 1.29 is 4.74 Å². The van der Waals surface area contributed by atoms with Gasteiger partial charge in [0.15, 0.2) is 5.11 Å². The molecule has 2 N–H and O–H groups in total. The molecule has 0 radical (unpaired) electrons. The van der Waals surface area contributed by atoms with Crippen LogP contribution in [0.3, 0.4) is 0 Å². The zero-order valence-electron chi connectivity index (χ0n) is 15.7. The molecule has 0 bridgehead atoms. The molecule has 0 aliphatic carbocycles. The van der Waals surface area contributed by atoms with Crippen molar-refractivity contribution in [2.24, 2.45) is 0 Å². The smallest absolute Gasteiger partial charge is 0.175 e. The minimum atomic E-state index is 0.425. The highest BCUT2D eigenvalue weighted by atomic mass is 32.1. The van der Waals surface area contributed by atoms with E-state index in [0.29, 0.717) is 23.6 Å². The SMILES string of the molecule is CCOc1ccc(NC(=S)Nc2c(C(C)C)cccc2C(C)C)cc1. The van der Waals surface area contributed by atoms with Gasteiger partial charge in [-0.1, -0.05) is 45.9 Å². The number of hydrogen-bond donors (Lipinski definition) is 2. The van der Waals surface area contributed by atoms with Crippen molar-refractivity contribution in [3.8, 4) is 5.75 Å². The highest BCUT2D eigenvalue weighted by Crippen LogP contribution is 2.32. The van der Waals surface area contributed by atoms with Crippen LogP contribution in [0, 0.1) is 0 Å². The number of thiocarbonyl (C=S) groups is 1. The third-order valence-electron chi connectivity index (χ3n) is 4.03. The summed E-state index contributed by atoms with van der Waals surface area (Å²) in [5.41, 5.74) is 4.62. The first-order valence-corrected chi connectivity index (χ1v) is 9.26. The third-order valence-corrected chi connectivity index (χ3v) is 4.24. The molecule has 0 saturated carbocycles. The van der Waals surface area contributed by atoms with Crippen molar-refractivity contribution in [2.45, 2.75) is 46.5 Å². The second-order valence-electron chi connectivity index (χ2n) is 6.66. The Bertz CT molecular complexity index is 682. The standard InChI is InChI=1S/C21H28N2OS/c1-6-24-17-12-10-16(11-13-17)22-21(25)23-20-18(14(2)3)8-7-9-19(20)15(4)5/h7-15H,6H2,1-5H3,(H2,22,23,25). The summed E-state index contributed by atoms with van der Waals surface area (Å²) in [7, 11) is 0. The van der Waals surface area contributed by atoms with Gasteiger partial charge in [-0.05, 0) is 66.4 Å². The predicted octanol–water partition coefficient (Wildman–Crippen LogP) is 6.14. The van der Waals surface area contributed by atoms with Gasteiger partial charge in [0.05, 0.1) is 6.61 Å². The maximum Gasteiger partial charge on any atom is 0.175 e. The van der Waals surface area contributed by atoms with Crippen molar-refractivity contribution in [3.05, 3.63) is 53.6 Å². The number of benzene rings is 2. The number of ether oxygens (including phenoxy) is 1. The Hall–Kier alpha value is -2.07. The van der Waals surface area contributed by atoms with Crippen LogP contribution < -0.4 is 15.4 Å². The van der Waals surface area contributed by atoms with Crippen LogP contribution in [0.25, 0.3) is 0 Å². The molecule has 2 aromatic carbocycles. The number of rotatable bonds is 6. The van der Waals surface area contributed by atoms with E-state index in [4.69, 9.17) is 17.0 Å². The van der Waals surface area contributed by atoms with E-state index >= 15 is 0 Å². The molecule has 3 nitrogen and oxygen atoms in total. The molecule has 2 rings (SSSR count). The number of anilines is 2. The molecule has 0 spiro atoms. The van der Waals surface area contributed by atoms with Gasteiger partial charge in [-0.3, -0.25) is 0 Å². The minimum Gasteiger partial charge on any atom is -0.494 e. The van der Waals surface area contributed by atoms with Crippen LogP contribution in [0.15, 0.2) is 42.5 Å². The summed E-state index contributed by atoms with van der Waals surface area (Å²) >= 11 is 5.54. The monoisotopic (exact) mass is 356 g/mol. The van der Waals surface area contributed by atoms with Gasteiger partial charge < -0.3 is 15.4 Å². The molecule has 25 heavy (non-hydrogen) atoms. The predicted molar refractivity (Wildman–Crippen MR) is 112 cm³/mol. The van der Waals surface area contributed by atoms with E-state index in [9.17, 15) is 0 Å². The van der Waals surface area contributed by atoms with Crippen LogP contribution >= 0.6 is 12.2 Å². The molecule has 0 heterocycles. The van der Waals surface area contributed by atoms with Crippen LogP contribution in [0.2, 0.25) is 0 Å². The zero-order valence-corrected chi connectivity index (χ0v) is 16.5. The molecule has 0 aliphatic heterocycles. The molecule has 0 atom stereocenters. The highest BCUT2D eigenvalue weighted by Gasteiger charge is 2.14. The van der Waals surface area contributed by atoms with Crippen LogP contribution in [-0.4, -0.2) is 11.7 Å². The van der Waals surface area contributed by atoms with E-state index in [1.165, 1.54) is 11.1 Å². The Morgan fingerprint density at radius 3 is 1.96 bits per heavy atom.